The van der Waals surface area contributed by atoms with Gasteiger partial charge in [0.25, 0.3) is 0 Å². The molecular weight excluding hydrogens is 700 g/mol. The first-order chi connectivity index (χ1) is 25.4. The molecule has 0 aliphatic rings. The van der Waals surface area contributed by atoms with E-state index in [4.69, 9.17) is 9.97 Å². The number of rotatable bonds is 5. The van der Waals surface area contributed by atoms with Crippen molar-refractivity contribution in [3.05, 3.63) is 156 Å². The molecule has 0 fully saturated rings. The van der Waals surface area contributed by atoms with Crippen LogP contribution in [-0.2, 0) is 12.4 Å². The molecule has 0 unspecified atom stereocenters. The number of alkyl halides is 6. The highest BCUT2D eigenvalue weighted by Crippen LogP contribution is 2.42. The van der Waals surface area contributed by atoms with Gasteiger partial charge in [-0.3, -0.25) is 0 Å². The predicted molar refractivity (Wildman–Crippen MR) is 186 cm³/mol. The zero-order chi connectivity index (χ0) is 37.1. The van der Waals surface area contributed by atoms with E-state index in [2.05, 4.69) is 4.98 Å². The summed E-state index contributed by atoms with van der Waals surface area (Å²) in [7, 11) is 0. The van der Waals surface area contributed by atoms with Crippen LogP contribution >= 0.6 is 0 Å². The monoisotopic (exact) mass is 722 g/mol. The molecule has 0 spiro atoms. The van der Waals surface area contributed by atoms with Crippen molar-refractivity contribution in [1.82, 2.24) is 19.5 Å². The Bertz CT molecular complexity index is 2540. The van der Waals surface area contributed by atoms with Crippen LogP contribution in [0, 0.1) is 11.6 Å². The first-order valence-electron chi connectivity index (χ1n) is 16.1. The highest BCUT2D eigenvalue weighted by atomic mass is 19.4. The van der Waals surface area contributed by atoms with E-state index in [-0.39, 0.29) is 61.7 Å². The summed E-state index contributed by atoms with van der Waals surface area (Å²) in [6, 6.07) is 31.5. The minimum atomic E-state index is -4.78. The molecule has 12 heteroatoms. The molecule has 2 heterocycles. The summed E-state index contributed by atoms with van der Waals surface area (Å²) in [5.74, 6) is -1.88. The molecule has 53 heavy (non-hydrogen) atoms. The van der Waals surface area contributed by atoms with E-state index in [0.29, 0.717) is 11.1 Å². The van der Waals surface area contributed by atoms with Crippen molar-refractivity contribution >= 4 is 21.8 Å². The molecule has 0 atom stereocenters. The number of fused-ring (bicyclic) bond motifs is 3. The molecule has 0 amide bonds. The molecule has 6 aromatic carbocycles. The second-order valence-electron chi connectivity index (χ2n) is 12.2. The van der Waals surface area contributed by atoms with E-state index in [9.17, 15) is 30.7 Å². The third kappa shape index (κ3) is 6.15. The summed E-state index contributed by atoms with van der Waals surface area (Å²) < 4.78 is 116. The molecule has 0 N–H and O–H groups in total. The molecule has 0 saturated carbocycles. The van der Waals surface area contributed by atoms with Gasteiger partial charge in [-0.05, 0) is 48.0 Å². The van der Waals surface area contributed by atoms with Crippen LogP contribution in [0.3, 0.4) is 0 Å². The molecule has 0 aliphatic heterocycles. The van der Waals surface area contributed by atoms with Crippen LogP contribution in [0.4, 0.5) is 35.1 Å². The number of hydrogen-bond donors (Lipinski definition) is 0. The van der Waals surface area contributed by atoms with Crippen LogP contribution in [0.5, 0.6) is 0 Å². The normalized spacial score (nSPS) is 12.2. The second-order valence-corrected chi connectivity index (χ2v) is 12.2. The van der Waals surface area contributed by atoms with Crippen molar-refractivity contribution in [1.29, 1.82) is 0 Å². The molecule has 0 saturated heterocycles. The maximum absolute atomic E-state index is 15.3. The maximum Gasteiger partial charge on any atom is 0.416 e. The van der Waals surface area contributed by atoms with Gasteiger partial charge in [0.2, 0.25) is 0 Å². The van der Waals surface area contributed by atoms with Crippen molar-refractivity contribution in [3.8, 4) is 51.0 Å². The molecule has 0 radical (unpaired) electrons. The van der Waals surface area contributed by atoms with Gasteiger partial charge in [-0.2, -0.15) is 26.3 Å². The lowest BCUT2D eigenvalue weighted by molar-refractivity contribution is -0.138. The first-order valence-corrected chi connectivity index (χ1v) is 16.1. The quantitative estimate of drug-likeness (QED) is 0.166. The lowest BCUT2D eigenvalue weighted by atomic mass is 10.00. The molecule has 0 bridgehead atoms. The minimum Gasteiger partial charge on any atom is -0.308 e. The Hall–Kier alpha value is -6.43. The second kappa shape index (κ2) is 12.7. The molecule has 4 nitrogen and oxygen atoms in total. The third-order valence-corrected chi connectivity index (χ3v) is 8.86. The SMILES string of the molecule is Fc1cccc(-c2ccc(-n3c4cc(C(F)(F)F)ccc4c4ccc(C(F)(F)F)cc43)c(-c3nc(-c4ccccc4)nc(-c4ccccc4)n3)c2)c1F. The van der Waals surface area contributed by atoms with Crippen LogP contribution in [0.2, 0.25) is 0 Å². The first kappa shape index (κ1) is 33.7. The highest BCUT2D eigenvalue weighted by molar-refractivity contribution is 6.10. The van der Waals surface area contributed by atoms with Gasteiger partial charge in [0.1, 0.15) is 0 Å². The van der Waals surface area contributed by atoms with Crippen molar-refractivity contribution < 1.29 is 35.1 Å². The van der Waals surface area contributed by atoms with Crippen molar-refractivity contribution in [2.75, 3.05) is 0 Å². The van der Waals surface area contributed by atoms with Crippen molar-refractivity contribution in [2.45, 2.75) is 12.4 Å². The molecule has 8 rings (SSSR count). The van der Waals surface area contributed by atoms with Gasteiger partial charge in [0, 0.05) is 33.0 Å². The van der Waals surface area contributed by atoms with E-state index in [1.54, 1.807) is 60.7 Å². The number of nitrogens with zero attached hydrogens (tertiary/aromatic N) is 4. The van der Waals surface area contributed by atoms with E-state index in [1.165, 1.54) is 47.0 Å². The van der Waals surface area contributed by atoms with Crippen LogP contribution in [0.25, 0.3) is 72.8 Å². The summed E-state index contributed by atoms with van der Waals surface area (Å²) in [5.41, 5.74) is -0.805. The van der Waals surface area contributed by atoms with E-state index >= 15 is 4.39 Å². The van der Waals surface area contributed by atoms with Crippen LogP contribution in [0.1, 0.15) is 11.1 Å². The van der Waals surface area contributed by atoms with Crippen LogP contribution in [-0.4, -0.2) is 19.5 Å². The summed E-state index contributed by atoms with van der Waals surface area (Å²) in [6.45, 7) is 0. The van der Waals surface area contributed by atoms with Gasteiger partial charge in [-0.25, -0.2) is 23.7 Å². The maximum atomic E-state index is 15.3. The average Bonchev–Trinajstić information content (AvgIpc) is 3.48. The van der Waals surface area contributed by atoms with E-state index in [1.807, 2.05) is 0 Å². The average molecular weight is 723 g/mol. The molecule has 262 valence electrons. The standard InChI is InChI=1S/C41H22F8N4/c42-32-13-7-12-28(36(32)43)25-14-19-33(31(20-25)39-51-37(23-8-3-1-4-9-23)50-38(52-39)24-10-5-2-6-11-24)53-34-21-26(40(44,45)46)15-17-29(34)30-18-16-27(22-35(30)53)41(47,48)49/h1-22H. The number of benzene rings is 6. The smallest absolute Gasteiger partial charge is 0.308 e. The van der Waals surface area contributed by atoms with E-state index in [0.717, 1.165) is 30.3 Å². The zero-order valence-electron chi connectivity index (χ0n) is 27.0. The van der Waals surface area contributed by atoms with Gasteiger partial charge < -0.3 is 4.57 Å². The Labute approximate surface area is 295 Å². The third-order valence-electron chi connectivity index (χ3n) is 8.86. The predicted octanol–water partition coefficient (Wildman–Crippen LogP) is 12.0. The molecular formula is C41H22F8N4. The fraction of sp³-hybridized carbons (Fsp3) is 0.0488. The van der Waals surface area contributed by atoms with Crippen LogP contribution in [0.15, 0.2) is 133 Å². The summed E-state index contributed by atoms with van der Waals surface area (Å²) in [4.78, 5) is 14.2. The topological polar surface area (TPSA) is 43.6 Å². The largest absolute Gasteiger partial charge is 0.416 e. The summed E-state index contributed by atoms with van der Waals surface area (Å²) >= 11 is 0. The van der Waals surface area contributed by atoms with E-state index < -0.39 is 35.1 Å². The Morgan fingerprint density at radius 1 is 0.434 bits per heavy atom. The summed E-state index contributed by atoms with van der Waals surface area (Å²) in [6.07, 6.45) is -9.56. The van der Waals surface area contributed by atoms with Crippen LogP contribution < -0.4 is 0 Å². The van der Waals surface area contributed by atoms with Gasteiger partial charge in [0.05, 0.1) is 27.8 Å². The molecule has 0 aliphatic carbocycles. The molecule has 2 aromatic heterocycles. The fourth-order valence-electron chi connectivity index (χ4n) is 6.36. The van der Waals surface area contributed by atoms with Gasteiger partial charge in [0.15, 0.2) is 29.1 Å². The van der Waals surface area contributed by atoms with Crippen molar-refractivity contribution in [2.24, 2.45) is 0 Å². The lowest BCUT2D eigenvalue weighted by Crippen LogP contribution is -2.07. The fourth-order valence-corrected chi connectivity index (χ4v) is 6.36. The zero-order valence-corrected chi connectivity index (χ0v) is 27.0. The van der Waals surface area contributed by atoms with Gasteiger partial charge in [-0.1, -0.05) is 91.0 Å². The number of hydrogen-bond acceptors (Lipinski definition) is 3. The Kier molecular flexibility index (Phi) is 8.05. The number of halogens is 8. The number of aromatic nitrogens is 4. The Morgan fingerprint density at radius 2 is 0.943 bits per heavy atom. The Balaban J connectivity index is 1.51. The van der Waals surface area contributed by atoms with Crippen molar-refractivity contribution in [3.63, 3.8) is 0 Å². The summed E-state index contributed by atoms with van der Waals surface area (Å²) in [5, 5.41) is 0.497. The van der Waals surface area contributed by atoms with Gasteiger partial charge >= 0.3 is 12.4 Å². The van der Waals surface area contributed by atoms with Gasteiger partial charge in [-0.15, -0.1) is 0 Å². The minimum absolute atomic E-state index is 0.0275. The Morgan fingerprint density at radius 3 is 1.45 bits per heavy atom. The molecule has 8 aromatic rings. The lowest BCUT2D eigenvalue weighted by Gasteiger charge is -2.17. The highest BCUT2D eigenvalue weighted by Gasteiger charge is 2.34.